The fraction of sp³-hybridized carbons (Fsp3) is 0.733. The summed E-state index contributed by atoms with van der Waals surface area (Å²) in [5.74, 6) is 0.988. The second-order valence-electron chi connectivity index (χ2n) is 5.71. The Morgan fingerprint density at radius 2 is 2.14 bits per heavy atom. The van der Waals surface area contributed by atoms with Gasteiger partial charge in [0.25, 0.3) is 0 Å². The zero-order valence-electron chi connectivity index (χ0n) is 13.3. The summed E-state index contributed by atoms with van der Waals surface area (Å²) in [5.41, 5.74) is 0.981. The van der Waals surface area contributed by atoms with E-state index < -0.39 is 0 Å². The van der Waals surface area contributed by atoms with E-state index in [9.17, 15) is 4.79 Å². The number of carbonyl (C=O) groups is 1. The van der Waals surface area contributed by atoms with E-state index in [0.717, 1.165) is 57.1 Å². The van der Waals surface area contributed by atoms with Crippen molar-refractivity contribution in [2.24, 2.45) is 0 Å². The fourth-order valence-corrected chi connectivity index (χ4v) is 2.59. The van der Waals surface area contributed by atoms with Crippen LogP contribution >= 0.6 is 0 Å². The van der Waals surface area contributed by atoms with Crippen LogP contribution in [0.15, 0.2) is 10.6 Å². The van der Waals surface area contributed by atoms with Crippen molar-refractivity contribution in [1.82, 2.24) is 20.3 Å². The molecule has 2 heterocycles. The Balaban J connectivity index is 1.76. The van der Waals surface area contributed by atoms with Gasteiger partial charge in [0.1, 0.15) is 5.76 Å². The molecule has 1 atom stereocenters. The van der Waals surface area contributed by atoms with Gasteiger partial charge in [-0.15, -0.1) is 0 Å². The third-order valence-corrected chi connectivity index (χ3v) is 3.95. The zero-order chi connectivity index (χ0) is 15.2. The Kier molecular flexibility index (Phi) is 5.76. The SMILES string of the molecule is CCCNC(=O)C(C)N1CCN(Cc2cc(C)on2)CC1. The summed E-state index contributed by atoms with van der Waals surface area (Å²) in [4.78, 5) is 16.6. The van der Waals surface area contributed by atoms with Gasteiger partial charge in [0.15, 0.2) is 0 Å². The molecule has 0 saturated carbocycles. The van der Waals surface area contributed by atoms with E-state index in [1.807, 2.05) is 19.9 Å². The molecule has 6 heteroatoms. The third-order valence-electron chi connectivity index (χ3n) is 3.95. The highest BCUT2D eigenvalue weighted by atomic mass is 16.5. The standard InChI is InChI=1S/C15H26N4O2/c1-4-5-16-15(20)13(3)19-8-6-18(7-9-19)11-14-10-12(2)21-17-14/h10,13H,4-9,11H2,1-3H3,(H,16,20). The number of piperazine rings is 1. The minimum absolute atomic E-state index is 0.0482. The number of amides is 1. The largest absolute Gasteiger partial charge is 0.361 e. The summed E-state index contributed by atoms with van der Waals surface area (Å²) in [5, 5.41) is 7.00. The van der Waals surface area contributed by atoms with Crippen molar-refractivity contribution in [3.05, 3.63) is 17.5 Å². The minimum Gasteiger partial charge on any atom is -0.361 e. The van der Waals surface area contributed by atoms with Gasteiger partial charge in [0.2, 0.25) is 5.91 Å². The van der Waals surface area contributed by atoms with Gasteiger partial charge in [-0.25, -0.2) is 0 Å². The lowest BCUT2D eigenvalue weighted by atomic mass is 10.2. The smallest absolute Gasteiger partial charge is 0.237 e. The number of nitrogens with one attached hydrogen (secondary N) is 1. The maximum Gasteiger partial charge on any atom is 0.237 e. The van der Waals surface area contributed by atoms with Crippen molar-refractivity contribution in [1.29, 1.82) is 0 Å². The van der Waals surface area contributed by atoms with Crippen LogP contribution in [0, 0.1) is 6.92 Å². The molecule has 0 aromatic carbocycles. The van der Waals surface area contributed by atoms with Crippen LogP contribution in [-0.4, -0.2) is 59.6 Å². The van der Waals surface area contributed by atoms with Crippen LogP contribution in [0.2, 0.25) is 0 Å². The molecule has 1 saturated heterocycles. The number of aryl methyl sites for hydroxylation is 1. The summed E-state index contributed by atoms with van der Waals surface area (Å²) in [7, 11) is 0. The third kappa shape index (κ3) is 4.54. The molecule has 21 heavy (non-hydrogen) atoms. The maximum atomic E-state index is 12.0. The molecule has 0 bridgehead atoms. The molecule has 1 aliphatic rings. The minimum atomic E-state index is -0.0482. The monoisotopic (exact) mass is 294 g/mol. The molecule has 0 radical (unpaired) electrons. The van der Waals surface area contributed by atoms with Crippen LogP contribution in [0.3, 0.4) is 0 Å². The van der Waals surface area contributed by atoms with E-state index in [0.29, 0.717) is 0 Å². The van der Waals surface area contributed by atoms with Crippen LogP contribution in [0.25, 0.3) is 0 Å². The highest BCUT2D eigenvalue weighted by Gasteiger charge is 2.25. The highest BCUT2D eigenvalue weighted by molar-refractivity contribution is 5.81. The van der Waals surface area contributed by atoms with Crippen molar-refractivity contribution in [3.63, 3.8) is 0 Å². The Morgan fingerprint density at radius 3 is 2.71 bits per heavy atom. The lowest BCUT2D eigenvalue weighted by molar-refractivity contribution is -0.126. The van der Waals surface area contributed by atoms with Crippen LogP contribution in [0.1, 0.15) is 31.7 Å². The molecular weight excluding hydrogens is 268 g/mol. The second kappa shape index (κ2) is 7.56. The summed E-state index contributed by atoms with van der Waals surface area (Å²) in [6, 6.07) is 1.93. The fourth-order valence-electron chi connectivity index (χ4n) is 2.59. The average molecular weight is 294 g/mol. The first-order chi connectivity index (χ1) is 10.1. The quantitative estimate of drug-likeness (QED) is 0.848. The molecule has 1 aliphatic heterocycles. The van der Waals surface area contributed by atoms with Gasteiger partial charge in [0.05, 0.1) is 11.7 Å². The molecule has 2 rings (SSSR count). The van der Waals surface area contributed by atoms with Crippen molar-refractivity contribution in [3.8, 4) is 0 Å². The molecule has 1 amide bonds. The Morgan fingerprint density at radius 1 is 1.43 bits per heavy atom. The topological polar surface area (TPSA) is 61.6 Å². The molecule has 1 unspecified atom stereocenters. The van der Waals surface area contributed by atoms with Crippen molar-refractivity contribution in [2.75, 3.05) is 32.7 Å². The first kappa shape index (κ1) is 16.0. The van der Waals surface area contributed by atoms with Gasteiger partial charge in [-0.1, -0.05) is 12.1 Å². The van der Waals surface area contributed by atoms with E-state index in [2.05, 4.69) is 27.2 Å². The summed E-state index contributed by atoms with van der Waals surface area (Å²) >= 11 is 0. The molecule has 118 valence electrons. The number of hydrogen-bond acceptors (Lipinski definition) is 5. The number of aromatic nitrogens is 1. The van der Waals surface area contributed by atoms with Crippen molar-refractivity contribution < 1.29 is 9.32 Å². The molecule has 0 spiro atoms. The first-order valence-electron chi connectivity index (χ1n) is 7.76. The second-order valence-corrected chi connectivity index (χ2v) is 5.71. The molecular formula is C15H26N4O2. The molecule has 1 aromatic rings. The molecule has 1 fully saturated rings. The summed E-state index contributed by atoms with van der Waals surface area (Å²) in [6.07, 6.45) is 0.976. The summed E-state index contributed by atoms with van der Waals surface area (Å²) < 4.78 is 5.09. The molecule has 0 aliphatic carbocycles. The summed E-state index contributed by atoms with van der Waals surface area (Å²) in [6.45, 7) is 11.3. The maximum absolute atomic E-state index is 12.0. The van der Waals surface area contributed by atoms with Gasteiger partial charge >= 0.3 is 0 Å². The predicted molar refractivity (Wildman–Crippen MR) is 80.9 cm³/mol. The van der Waals surface area contributed by atoms with E-state index in [-0.39, 0.29) is 11.9 Å². The number of rotatable bonds is 6. The normalized spacial score (nSPS) is 18.6. The van der Waals surface area contributed by atoms with Gasteiger partial charge in [0, 0.05) is 45.3 Å². The van der Waals surface area contributed by atoms with E-state index >= 15 is 0 Å². The van der Waals surface area contributed by atoms with Crippen LogP contribution in [-0.2, 0) is 11.3 Å². The van der Waals surface area contributed by atoms with E-state index in [1.165, 1.54) is 0 Å². The van der Waals surface area contributed by atoms with Crippen molar-refractivity contribution in [2.45, 2.75) is 39.8 Å². The Labute approximate surface area is 126 Å². The average Bonchev–Trinajstić information content (AvgIpc) is 2.90. The van der Waals surface area contributed by atoms with Gasteiger partial charge in [-0.3, -0.25) is 14.6 Å². The van der Waals surface area contributed by atoms with E-state index in [4.69, 9.17) is 4.52 Å². The first-order valence-corrected chi connectivity index (χ1v) is 7.76. The lowest BCUT2D eigenvalue weighted by Gasteiger charge is -2.37. The van der Waals surface area contributed by atoms with E-state index in [1.54, 1.807) is 0 Å². The molecule has 1 N–H and O–H groups in total. The number of carbonyl (C=O) groups excluding carboxylic acids is 1. The number of nitrogens with zero attached hydrogens (tertiary/aromatic N) is 3. The van der Waals surface area contributed by atoms with Crippen LogP contribution in [0.4, 0.5) is 0 Å². The Bertz CT molecular complexity index is 452. The lowest BCUT2D eigenvalue weighted by Crippen LogP contribution is -2.53. The zero-order valence-corrected chi connectivity index (χ0v) is 13.3. The van der Waals surface area contributed by atoms with Gasteiger partial charge in [-0.2, -0.15) is 0 Å². The highest BCUT2D eigenvalue weighted by Crippen LogP contribution is 2.11. The molecule has 1 aromatic heterocycles. The van der Waals surface area contributed by atoms with Crippen LogP contribution in [0.5, 0.6) is 0 Å². The number of hydrogen-bond donors (Lipinski definition) is 1. The van der Waals surface area contributed by atoms with Crippen LogP contribution < -0.4 is 5.32 Å². The Hall–Kier alpha value is -1.40. The van der Waals surface area contributed by atoms with Gasteiger partial charge < -0.3 is 9.84 Å². The van der Waals surface area contributed by atoms with Gasteiger partial charge in [-0.05, 0) is 20.3 Å². The molecule has 6 nitrogen and oxygen atoms in total. The predicted octanol–water partition coefficient (Wildman–Crippen LogP) is 1.02. The van der Waals surface area contributed by atoms with Crippen molar-refractivity contribution >= 4 is 5.91 Å².